The number of benzene rings is 1. The van der Waals surface area contributed by atoms with E-state index in [2.05, 4.69) is 41.1 Å². The molecule has 0 amide bonds. The number of fused-ring (bicyclic) bond motifs is 1. The number of hydrogen-bond acceptors (Lipinski definition) is 4. The Bertz CT molecular complexity index is 420. The van der Waals surface area contributed by atoms with Crippen LogP contribution in [0.1, 0.15) is 19.8 Å². The molecule has 3 N–H and O–H groups in total. The molecule has 0 aliphatic carbocycles. The minimum absolute atomic E-state index is 0.0479. The van der Waals surface area contributed by atoms with Gasteiger partial charge in [0, 0.05) is 32.2 Å². The van der Waals surface area contributed by atoms with E-state index in [0.29, 0.717) is 0 Å². The topological polar surface area (TPSA) is 52.7 Å². The number of hydrogen-bond donors (Lipinski definition) is 2. The van der Waals surface area contributed by atoms with Gasteiger partial charge in [-0.2, -0.15) is 0 Å². The summed E-state index contributed by atoms with van der Waals surface area (Å²) in [7, 11) is 2.14. The molecule has 1 aliphatic rings. The van der Waals surface area contributed by atoms with Crippen LogP contribution in [0.4, 0.5) is 11.4 Å². The molecule has 0 saturated heterocycles. The van der Waals surface area contributed by atoms with Crippen LogP contribution in [0.5, 0.6) is 0 Å². The minimum Gasteiger partial charge on any atom is -0.394 e. The second-order valence-electron chi connectivity index (χ2n) is 5.81. The maximum atomic E-state index is 9.18. The number of likely N-dealkylation sites (N-methyl/N-ethyl adjacent to an activating group) is 1. The molecular formula is C15H25N3O. The van der Waals surface area contributed by atoms with E-state index >= 15 is 0 Å². The highest BCUT2D eigenvalue weighted by Gasteiger charge is 2.21. The van der Waals surface area contributed by atoms with Gasteiger partial charge in [-0.1, -0.05) is 12.1 Å². The number of aliphatic hydroxyl groups is 1. The highest BCUT2D eigenvalue weighted by molar-refractivity contribution is 5.72. The standard InChI is InChI=1S/C15H25N3O/c1-15(16,12-19)8-5-9-18-11-10-17(2)13-6-3-4-7-14(13)18/h3-4,6-7,19H,5,8-12,16H2,1-2H3. The monoisotopic (exact) mass is 263 g/mol. The molecule has 0 radical (unpaired) electrons. The molecule has 19 heavy (non-hydrogen) atoms. The maximum Gasteiger partial charge on any atom is 0.0608 e. The number of para-hydroxylation sites is 2. The van der Waals surface area contributed by atoms with Crippen molar-refractivity contribution in [1.82, 2.24) is 0 Å². The summed E-state index contributed by atoms with van der Waals surface area (Å²) in [5.41, 5.74) is 8.12. The van der Waals surface area contributed by atoms with E-state index in [9.17, 15) is 5.11 Å². The van der Waals surface area contributed by atoms with E-state index in [-0.39, 0.29) is 6.61 Å². The summed E-state index contributed by atoms with van der Waals surface area (Å²) < 4.78 is 0. The fourth-order valence-corrected chi connectivity index (χ4v) is 2.55. The van der Waals surface area contributed by atoms with Crippen molar-refractivity contribution in [3.8, 4) is 0 Å². The summed E-state index contributed by atoms with van der Waals surface area (Å²) in [5.74, 6) is 0. The first-order chi connectivity index (χ1) is 9.03. The van der Waals surface area contributed by atoms with E-state index in [4.69, 9.17) is 5.73 Å². The van der Waals surface area contributed by atoms with E-state index in [0.717, 1.165) is 32.5 Å². The average molecular weight is 263 g/mol. The number of rotatable bonds is 5. The van der Waals surface area contributed by atoms with Crippen LogP contribution < -0.4 is 15.5 Å². The Morgan fingerprint density at radius 3 is 2.63 bits per heavy atom. The van der Waals surface area contributed by atoms with E-state index in [1.165, 1.54) is 11.4 Å². The predicted molar refractivity (Wildman–Crippen MR) is 80.8 cm³/mol. The largest absolute Gasteiger partial charge is 0.394 e. The molecule has 1 atom stereocenters. The zero-order valence-corrected chi connectivity index (χ0v) is 12.0. The molecule has 1 aromatic rings. The Hall–Kier alpha value is -1.26. The normalized spacial score (nSPS) is 18.1. The zero-order chi connectivity index (χ0) is 13.9. The summed E-state index contributed by atoms with van der Waals surface area (Å²) >= 11 is 0. The van der Waals surface area contributed by atoms with Crippen molar-refractivity contribution >= 4 is 11.4 Å². The first-order valence-electron chi connectivity index (χ1n) is 6.98. The molecule has 0 saturated carbocycles. The van der Waals surface area contributed by atoms with E-state index in [1.807, 2.05) is 6.92 Å². The fourth-order valence-electron chi connectivity index (χ4n) is 2.55. The van der Waals surface area contributed by atoms with Crippen LogP contribution in [-0.2, 0) is 0 Å². The highest BCUT2D eigenvalue weighted by atomic mass is 16.3. The van der Waals surface area contributed by atoms with Crippen LogP contribution >= 0.6 is 0 Å². The van der Waals surface area contributed by atoms with Crippen LogP contribution in [0, 0.1) is 0 Å². The van der Waals surface area contributed by atoms with E-state index in [1.54, 1.807) is 0 Å². The van der Waals surface area contributed by atoms with Gasteiger partial charge in [0.2, 0.25) is 0 Å². The summed E-state index contributed by atoms with van der Waals surface area (Å²) in [6, 6.07) is 8.52. The number of nitrogens with zero attached hydrogens (tertiary/aromatic N) is 2. The van der Waals surface area contributed by atoms with Crippen molar-refractivity contribution in [3.63, 3.8) is 0 Å². The molecule has 0 aromatic heterocycles. The SMILES string of the molecule is CN1CCN(CCCC(C)(N)CO)c2ccccc21. The Balaban J connectivity index is 1.97. The van der Waals surface area contributed by atoms with Crippen molar-refractivity contribution in [1.29, 1.82) is 0 Å². The first kappa shape index (κ1) is 14.2. The van der Waals surface area contributed by atoms with E-state index < -0.39 is 5.54 Å². The van der Waals surface area contributed by atoms with Gasteiger partial charge in [-0.3, -0.25) is 0 Å². The summed E-state index contributed by atoms with van der Waals surface area (Å²) in [5, 5.41) is 9.18. The lowest BCUT2D eigenvalue weighted by Crippen LogP contribution is -2.42. The molecule has 2 rings (SSSR count). The third-order valence-corrected chi connectivity index (χ3v) is 3.88. The van der Waals surface area contributed by atoms with Crippen LogP contribution in [0.2, 0.25) is 0 Å². The molecule has 1 aromatic carbocycles. The quantitative estimate of drug-likeness (QED) is 0.844. The van der Waals surface area contributed by atoms with Gasteiger partial charge in [0.25, 0.3) is 0 Å². The second kappa shape index (κ2) is 5.80. The summed E-state index contributed by atoms with van der Waals surface area (Å²) in [6.07, 6.45) is 1.85. The van der Waals surface area contributed by atoms with Gasteiger partial charge in [0.15, 0.2) is 0 Å². The Morgan fingerprint density at radius 2 is 1.95 bits per heavy atom. The summed E-state index contributed by atoms with van der Waals surface area (Å²) in [6.45, 7) is 5.06. The Morgan fingerprint density at radius 1 is 1.26 bits per heavy atom. The molecule has 1 aliphatic heterocycles. The fraction of sp³-hybridized carbons (Fsp3) is 0.600. The van der Waals surface area contributed by atoms with Gasteiger partial charge < -0.3 is 20.6 Å². The number of nitrogens with two attached hydrogens (primary N) is 1. The lowest BCUT2D eigenvalue weighted by molar-refractivity contribution is 0.198. The van der Waals surface area contributed by atoms with Crippen LogP contribution in [-0.4, -0.2) is 43.9 Å². The molecule has 1 unspecified atom stereocenters. The van der Waals surface area contributed by atoms with Gasteiger partial charge in [-0.05, 0) is 31.9 Å². The third kappa shape index (κ3) is 3.39. The van der Waals surface area contributed by atoms with Gasteiger partial charge in [0.05, 0.1) is 18.0 Å². The Kier molecular flexibility index (Phi) is 4.32. The second-order valence-corrected chi connectivity index (χ2v) is 5.81. The molecule has 106 valence electrons. The van der Waals surface area contributed by atoms with Crippen molar-refractivity contribution in [2.24, 2.45) is 5.73 Å². The van der Waals surface area contributed by atoms with Crippen molar-refractivity contribution in [3.05, 3.63) is 24.3 Å². The zero-order valence-electron chi connectivity index (χ0n) is 12.0. The summed E-state index contributed by atoms with van der Waals surface area (Å²) in [4.78, 5) is 4.72. The first-order valence-corrected chi connectivity index (χ1v) is 6.98. The van der Waals surface area contributed by atoms with Crippen molar-refractivity contribution in [2.75, 3.05) is 43.1 Å². The highest BCUT2D eigenvalue weighted by Crippen LogP contribution is 2.31. The van der Waals surface area contributed by atoms with Gasteiger partial charge in [-0.15, -0.1) is 0 Å². The smallest absolute Gasteiger partial charge is 0.0608 e. The predicted octanol–water partition coefficient (Wildman–Crippen LogP) is 1.43. The molecule has 0 bridgehead atoms. The van der Waals surface area contributed by atoms with Crippen LogP contribution in [0.15, 0.2) is 24.3 Å². The lowest BCUT2D eigenvalue weighted by Gasteiger charge is -2.37. The maximum absolute atomic E-state index is 9.18. The van der Waals surface area contributed by atoms with Gasteiger partial charge in [0.1, 0.15) is 0 Å². The van der Waals surface area contributed by atoms with Gasteiger partial charge >= 0.3 is 0 Å². The molecule has 0 spiro atoms. The molecule has 0 fully saturated rings. The number of anilines is 2. The van der Waals surface area contributed by atoms with Crippen molar-refractivity contribution < 1.29 is 5.11 Å². The number of aliphatic hydroxyl groups excluding tert-OH is 1. The molecule has 1 heterocycles. The van der Waals surface area contributed by atoms with Crippen LogP contribution in [0.25, 0.3) is 0 Å². The van der Waals surface area contributed by atoms with Gasteiger partial charge in [-0.25, -0.2) is 0 Å². The third-order valence-electron chi connectivity index (χ3n) is 3.88. The Labute approximate surface area is 115 Å². The van der Waals surface area contributed by atoms with Crippen molar-refractivity contribution in [2.45, 2.75) is 25.3 Å². The molecule has 4 heteroatoms. The molecular weight excluding hydrogens is 238 g/mol. The lowest BCUT2D eigenvalue weighted by atomic mass is 9.98. The van der Waals surface area contributed by atoms with Crippen LogP contribution in [0.3, 0.4) is 0 Å². The molecule has 4 nitrogen and oxygen atoms in total. The minimum atomic E-state index is -0.452. The average Bonchev–Trinajstić information content (AvgIpc) is 2.42.